The Morgan fingerprint density at radius 2 is 2.24 bits per heavy atom. The number of anilines is 1. The standard InChI is InChI=1S/C14H17ClN2O4/c1-3-14(13(18)19)5-4-6-16(14)11-8-10(15)12(17(20)21)7-9(11)2/h7-8H,3-6H2,1-2H3,(H,18,19). The molecule has 21 heavy (non-hydrogen) atoms. The molecule has 0 saturated carbocycles. The van der Waals surface area contributed by atoms with Gasteiger partial charge in [-0.1, -0.05) is 18.5 Å². The van der Waals surface area contributed by atoms with Crippen molar-refractivity contribution in [2.45, 2.75) is 38.6 Å². The van der Waals surface area contributed by atoms with Crippen molar-refractivity contribution in [1.29, 1.82) is 0 Å². The van der Waals surface area contributed by atoms with Crippen molar-refractivity contribution in [2.75, 3.05) is 11.4 Å². The number of nitrogens with zero attached hydrogens (tertiary/aromatic N) is 2. The predicted molar refractivity (Wildman–Crippen MR) is 80.1 cm³/mol. The highest BCUT2D eigenvalue weighted by Crippen LogP contribution is 2.41. The number of aliphatic carboxylic acids is 1. The Bertz CT molecular complexity index is 605. The lowest BCUT2D eigenvalue weighted by Crippen LogP contribution is -2.50. The van der Waals surface area contributed by atoms with Crippen molar-refractivity contribution >= 4 is 28.9 Å². The molecule has 7 heteroatoms. The smallest absolute Gasteiger partial charge is 0.329 e. The normalized spacial score (nSPS) is 21.6. The molecule has 6 nitrogen and oxygen atoms in total. The third-order valence-electron chi connectivity index (χ3n) is 4.22. The molecule has 0 radical (unpaired) electrons. The van der Waals surface area contributed by atoms with Gasteiger partial charge in [0.2, 0.25) is 0 Å². The van der Waals surface area contributed by atoms with Gasteiger partial charge in [0, 0.05) is 18.3 Å². The summed E-state index contributed by atoms with van der Waals surface area (Å²) in [5.74, 6) is -0.864. The third kappa shape index (κ3) is 2.44. The molecule has 0 amide bonds. The molecule has 1 heterocycles. The van der Waals surface area contributed by atoms with E-state index in [1.54, 1.807) is 6.92 Å². The first-order valence-corrected chi connectivity index (χ1v) is 7.17. The zero-order valence-electron chi connectivity index (χ0n) is 11.9. The molecule has 1 N–H and O–H groups in total. The average molecular weight is 313 g/mol. The van der Waals surface area contributed by atoms with Crippen LogP contribution in [0.4, 0.5) is 11.4 Å². The lowest BCUT2D eigenvalue weighted by Gasteiger charge is -2.36. The maximum atomic E-state index is 11.7. The van der Waals surface area contributed by atoms with Crippen LogP contribution in [0.25, 0.3) is 0 Å². The molecular formula is C14H17ClN2O4. The van der Waals surface area contributed by atoms with E-state index in [4.69, 9.17) is 11.6 Å². The highest BCUT2D eigenvalue weighted by atomic mass is 35.5. The van der Waals surface area contributed by atoms with Crippen molar-refractivity contribution in [3.63, 3.8) is 0 Å². The Morgan fingerprint density at radius 1 is 1.57 bits per heavy atom. The molecule has 1 aromatic carbocycles. The first-order valence-electron chi connectivity index (χ1n) is 6.79. The Balaban J connectivity index is 2.53. The number of carbonyl (C=O) groups is 1. The number of carboxylic acid groups (broad SMARTS) is 1. The summed E-state index contributed by atoms with van der Waals surface area (Å²) in [6, 6.07) is 2.91. The van der Waals surface area contributed by atoms with Crippen LogP contribution in [0.2, 0.25) is 5.02 Å². The second-order valence-electron chi connectivity index (χ2n) is 5.29. The van der Waals surface area contributed by atoms with Gasteiger partial charge in [-0.05, 0) is 37.8 Å². The van der Waals surface area contributed by atoms with E-state index in [-0.39, 0.29) is 10.7 Å². The SMILES string of the molecule is CCC1(C(=O)O)CCCN1c1cc(Cl)c([N+](=O)[O-])cc1C. The summed E-state index contributed by atoms with van der Waals surface area (Å²) in [4.78, 5) is 23.9. The van der Waals surface area contributed by atoms with Gasteiger partial charge < -0.3 is 10.0 Å². The van der Waals surface area contributed by atoms with Gasteiger partial charge in [0.1, 0.15) is 10.6 Å². The molecule has 1 saturated heterocycles. The van der Waals surface area contributed by atoms with Crippen LogP contribution < -0.4 is 4.90 Å². The fraction of sp³-hybridized carbons (Fsp3) is 0.500. The van der Waals surface area contributed by atoms with Gasteiger partial charge >= 0.3 is 5.97 Å². The van der Waals surface area contributed by atoms with Crippen LogP contribution in [0.3, 0.4) is 0 Å². The van der Waals surface area contributed by atoms with Crippen molar-refractivity contribution in [1.82, 2.24) is 0 Å². The lowest BCUT2D eigenvalue weighted by molar-refractivity contribution is -0.384. The van der Waals surface area contributed by atoms with Gasteiger partial charge in [-0.3, -0.25) is 10.1 Å². The number of halogens is 1. The molecular weight excluding hydrogens is 296 g/mol. The van der Waals surface area contributed by atoms with Gasteiger partial charge in [0.05, 0.1) is 4.92 Å². The molecule has 1 atom stereocenters. The Morgan fingerprint density at radius 3 is 2.76 bits per heavy atom. The number of aryl methyl sites for hydroxylation is 1. The summed E-state index contributed by atoms with van der Waals surface area (Å²) < 4.78 is 0. The van der Waals surface area contributed by atoms with Gasteiger partial charge in [-0.2, -0.15) is 0 Å². The fourth-order valence-electron chi connectivity index (χ4n) is 3.06. The summed E-state index contributed by atoms with van der Waals surface area (Å²) in [5, 5.41) is 20.6. The van der Waals surface area contributed by atoms with Crippen LogP contribution in [-0.2, 0) is 4.79 Å². The van der Waals surface area contributed by atoms with Crippen molar-refractivity contribution < 1.29 is 14.8 Å². The van der Waals surface area contributed by atoms with Crippen LogP contribution >= 0.6 is 11.6 Å². The molecule has 0 aromatic heterocycles. The number of carboxylic acids is 1. The lowest BCUT2D eigenvalue weighted by atomic mass is 9.92. The molecule has 0 spiro atoms. The molecule has 0 bridgehead atoms. The first-order chi connectivity index (χ1) is 9.83. The van der Waals surface area contributed by atoms with Crippen molar-refractivity contribution in [3.8, 4) is 0 Å². The molecule has 2 rings (SSSR count). The minimum atomic E-state index is -0.954. The van der Waals surface area contributed by atoms with Gasteiger partial charge in [-0.15, -0.1) is 0 Å². The summed E-state index contributed by atoms with van der Waals surface area (Å²) in [6.45, 7) is 4.18. The van der Waals surface area contributed by atoms with Crippen molar-refractivity contribution in [2.24, 2.45) is 0 Å². The van der Waals surface area contributed by atoms with Crippen molar-refractivity contribution in [3.05, 3.63) is 32.8 Å². The van der Waals surface area contributed by atoms with Gasteiger partial charge in [0.25, 0.3) is 5.69 Å². The fourth-order valence-corrected chi connectivity index (χ4v) is 3.28. The topological polar surface area (TPSA) is 83.7 Å². The van der Waals surface area contributed by atoms with E-state index in [2.05, 4.69) is 0 Å². The van der Waals surface area contributed by atoms with E-state index in [1.165, 1.54) is 12.1 Å². The zero-order chi connectivity index (χ0) is 15.8. The maximum Gasteiger partial charge on any atom is 0.329 e. The molecule has 0 aliphatic carbocycles. The van der Waals surface area contributed by atoms with E-state index in [0.29, 0.717) is 30.6 Å². The number of nitro benzene ring substituents is 1. The Hall–Kier alpha value is -1.82. The average Bonchev–Trinajstić information content (AvgIpc) is 2.85. The summed E-state index contributed by atoms with van der Waals surface area (Å²) >= 11 is 5.97. The number of benzene rings is 1. The van der Waals surface area contributed by atoms with Gasteiger partial charge in [0.15, 0.2) is 0 Å². The number of rotatable bonds is 4. The summed E-state index contributed by atoms with van der Waals surface area (Å²) in [7, 11) is 0. The number of nitro groups is 1. The van der Waals surface area contributed by atoms with Crippen LogP contribution in [0.5, 0.6) is 0 Å². The Kier molecular flexibility index (Phi) is 4.09. The van der Waals surface area contributed by atoms with Crippen LogP contribution in [0, 0.1) is 17.0 Å². The summed E-state index contributed by atoms with van der Waals surface area (Å²) in [6.07, 6.45) is 1.80. The molecule has 114 valence electrons. The first kappa shape index (κ1) is 15.6. The zero-order valence-corrected chi connectivity index (χ0v) is 12.7. The largest absolute Gasteiger partial charge is 0.479 e. The van der Waals surface area contributed by atoms with E-state index in [9.17, 15) is 20.0 Å². The maximum absolute atomic E-state index is 11.7. The monoisotopic (exact) mass is 312 g/mol. The highest BCUT2D eigenvalue weighted by molar-refractivity contribution is 6.33. The highest BCUT2D eigenvalue weighted by Gasteiger charge is 2.46. The van der Waals surface area contributed by atoms with E-state index in [1.807, 2.05) is 11.8 Å². The minimum absolute atomic E-state index is 0.0305. The summed E-state index contributed by atoms with van der Waals surface area (Å²) in [5.41, 5.74) is 0.207. The second-order valence-corrected chi connectivity index (χ2v) is 5.70. The quantitative estimate of drug-likeness (QED) is 0.680. The third-order valence-corrected chi connectivity index (χ3v) is 4.53. The molecule has 1 aliphatic heterocycles. The molecule has 1 aliphatic rings. The van der Waals surface area contributed by atoms with Crippen LogP contribution in [0.1, 0.15) is 31.7 Å². The molecule has 1 fully saturated rings. The predicted octanol–water partition coefficient (Wildman–Crippen LogP) is 3.39. The number of hydrogen-bond acceptors (Lipinski definition) is 4. The van der Waals surface area contributed by atoms with E-state index in [0.717, 1.165) is 6.42 Å². The second kappa shape index (κ2) is 5.52. The Labute approximate surface area is 127 Å². The molecule has 1 aromatic rings. The number of hydrogen-bond donors (Lipinski definition) is 1. The van der Waals surface area contributed by atoms with E-state index < -0.39 is 16.4 Å². The van der Waals surface area contributed by atoms with Gasteiger partial charge in [-0.25, -0.2) is 4.79 Å². The van der Waals surface area contributed by atoms with Crippen LogP contribution in [-0.4, -0.2) is 28.1 Å². The minimum Gasteiger partial charge on any atom is -0.479 e. The van der Waals surface area contributed by atoms with Crippen LogP contribution in [0.15, 0.2) is 12.1 Å². The van der Waals surface area contributed by atoms with E-state index >= 15 is 0 Å². The molecule has 1 unspecified atom stereocenters.